The molecule has 1 heterocycles. The van der Waals surface area contributed by atoms with Crippen molar-refractivity contribution in [3.05, 3.63) is 34.8 Å². The average molecular weight is 274 g/mol. The Kier molecular flexibility index (Phi) is 3.27. The van der Waals surface area contributed by atoms with Gasteiger partial charge in [-0.1, -0.05) is 0 Å². The average Bonchev–Trinajstić information content (AvgIpc) is 2.73. The maximum atomic E-state index is 12.7. The Hall–Kier alpha value is -1.60. The monoisotopic (exact) mass is 274 g/mol. The van der Waals surface area contributed by atoms with E-state index in [4.69, 9.17) is 10.8 Å². The van der Waals surface area contributed by atoms with Crippen LogP contribution in [0.15, 0.2) is 24.3 Å². The van der Waals surface area contributed by atoms with Gasteiger partial charge in [-0.3, -0.25) is 0 Å². The molecule has 0 fully saturated rings. The standard InChI is InChI=1S/C11H9F3N2OS/c12-11(13,14)9-8(5-15)18-10(16-9)6-1-3-7(17)4-2-6/h1-4,17H,5,15H2. The van der Waals surface area contributed by atoms with E-state index in [-0.39, 0.29) is 22.2 Å². The fourth-order valence-electron chi connectivity index (χ4n) is 1.44. The van der Waals surface area contributed by atoms with Crippen molar-refractivity contribution in [2.75, 3.05) is 0 Å². The van der Waals surface area contributed by atoms with Gasteiger partial charge in [-0.25, -0.2) is 4.98 Å². The predicted molar refractivity (Wildman–Crippen MR) is 62.1 cm³/mol. The smallest absolute Gasteiger partial charge is 0.434 e. The van der Waals surface area contributed by atoms with Crippen LogP contribution in [0.25, 0.3) is 10.6 Å². The van der Waals surface area contributed by atoms with Crippen molar-refractivity contribution in [2.45, 2.75) is 12.7 Å². The summed E-state index contributed by atoms with van der Waals surface area (Å²) < 4.78 is 38.0. The molecule has 0 unspecified atom stereocenters. The highest BCUT2D eigenvalue weighted by atomic mass is 32.1. The van der Waals surface area contributed by atoms with Gasteiger partial charge in [0.2, 0.25) is 0 Å². The number of nitrogens with zero attached hydrogens (tertiary/aromatic N) is 1. The number of hydrogen-bond acceptors (Lipinski definition) is 4. The molecule has 0 radical (unpaired) electrons. The van der Waals surface area contributed by atoms with Crippen molar-refractivity contribution < 1.29 is 18.3 Å². The summed E-state index contributed by atoms with van der Waals surface area (Å²) >= 11 is 0.908. The highest BCUT2D eigenvalue weighted by Crippen LogP contribution is 2.37. The molecule has 96 valence electrons. The minimum atomic E-state index is -4.50. The number of halogens is 3. The molecule has 1 aromatic carbocycles. The van der Waals surface area contributed by atoms with Crippen molar-refractivity contribution in [3.8, 4) is 16.3 Å². The molecule has 18 heavy (non-hydrogen) atoms. The van der Waals surface area contributed by atoms with Gasteiger partial charge in [-0.05, 0) is 24.3 Å². The summed E-state index contributed by atoms with van der Waals surface area (Å²) in [6, 6.07) is 5.81. The predicted octanol–water partition coefficient (Wildman–Crippen LogP) is 2.99. The quantitative estimate of drug-likeness (QED) is 0.885. The van der Waals surface area contributed by atoms with Gasteiger partial charge >= 0.3 is 6.18 Å². The number of hydrogen-bond donors (Lipinski definition) is 2. The van der Waals surface area contributed by atoms with Crippen molar-refractivity contribution >= 4 is 11.3 Å². The van der Waals surface area contributed by atoms with E-state index < -0.39 is 11.9 Å². The van der Waals surface area contributed by atoms with Gasteiger partial charge in [0, 0.05) is 12.1 Å². The van der Waals surface area contributed by atoms with E-state index in [1.54, 1.807) is 0 Å². The van der Waals surface area contributed by atoms with Crippen LogP contribution in [-0.2, 0) is 12.7 Å². The number of alkyl halides is 3. The van der Waals surface area contributed by atoms with E-state index in [0.29, 0.717) is 5.56 Å². The van der Waals surface area contributed by atoms with E-state index in [2.05, 4.69) is 4.98 Å². The number of aromatic nitrogens is 1. The van der Waals surface area contributed by atoms with Crippen molar-refractivity contribution in [1.82, 2.24) is 4.98 Å². The molecule has 7 heteroatoms. The van der Waals surface area contributed by atoms with Crippen LogP contribution in [0.2, 0.25) is 0 Å². The minimum absolute atomic E-state index is 0.00516. The number of rotatable bonds is 2. The Morgan fingerprint density at radius 3 is 2.28 bits per heavy atom. The van der Waals surface area contributed by atoms with Crippen LogP contribution in [0.3, 0.4) is 0 Å². The zero-order chi connectivity index (χ0) is 13.3. The Labute approximate surface area is 105 Å². The molecule has 0 spiro atoms. The van der Waals surface area contributed by atoms with Crippen LogP contribution in [0, 0.1) is 0 Å². The molecule has 1 aromatic heterocycles. The largest absolute Gasteiger partial charge is 0.508 e. The van der Waals surface area contributed by atoms with Crippen molar-refractivity contribution in [3.63, 3.8) is 0 Å². The lowest BCUT2D eigenvalue weighted by Gasteiger charge is -2.03. The fourth-order valence-corrected chi connectivity index (χ4v) is 2.40. The second-order valence-corrected chi connectivity index (χ2v) is 4.62. The molecule has 0 bridgehead atoms. The van der Waals surface area contributed by atoms with Crippen LogP contribution in [-0.4, -0.2) is 10.1 Å². The summed E-state index contributed by atoms with van der Waals surface area (Å²) in [6.45, 7) is -0.204. The highest BCUT2D eigenvalue weighted by Gasteiger charge is 2.37. The third-order valence-corrected chi connectivity index (χ3v) is 3.39. The summed E-state index contributed by atoms with van der Waals surface area (Å²) in [5.41, 5.74) is 4.88. The van der Waals surface area contributed by atoms with Gasteiger partial charge in [-0.15, -0.1) is 11.3 Å². The maximum absolute atomic E-state index is 12.7. The summed E-state index contributed by atoms with van der Waals surface area (Å²) in [6.07, 6.45) is -4.50. The number of thiazole rings is 1. The Morgan fingerprint density at radius 2 is 1.83 bits per heavy atom. The number of phenols is 1. The Balaban J connectivity index is 2.47. The topological polar surface area (TPSA) is 59.1 Å². The lowest BCUT2D eigenvalue weighted by atomic mass is 10.2. The van der Waals surface area contributed by atoms with E-state index in [1.165, 1.54) is 24.3 Å². The number of benzene rings is 1. The van der Waals surface area contributed by atoms with E-state index in [0.717, 1.165) is 11.3 Å². The summed E-state index contributed by atoms with van der Waals surface area (Å²) in [5, 5.41) is 9.36. The molecule has 0 amide bonds. The molecule has 0 saturated carbocycles. The van der Waals surface area contributed by atoms with Crippen molar-refractivity contribution in [1.29, 1.82) is 0 Å². The first-order chi connectivity index (χ1) is 8.41. The number of aromatic hydroxyl groups is 1. The fraction of sp³-hybridized carbons (Fsp3) is 0.182. The number of phenolic OH excluding ortho intramolecular Hbond substituents is 1. The molecule has 0 saturated heterocycles. The highest BCUT2D eigenvalue weighted by molar-refractivity contribution is 7.15. The van der Waals surface area contributed by atoms with Crippen LogP contribution in [0.5, 0.6) is 5.75 Å². The van der Waals surface area contributed by atoms with Gasteiger partial charge in [0.25, 0.3) is 0 Å². The van der Waals surface area contributed by atoms with E-state index >= 15 is 0 Å². The van der Waals surface area contributed by atoms with Crippen LogP contribution < -0.4 is 5.73 Å². The normalized spacial score (nSPS) is 11.8. The lowest BCUT2D eigenvalue weighted by molar-refractivity contribution is -0.141. The molecule has 0 aliphatic heterocycles. The van der Waals surface area contributed by atoms with E-state index in [1.807, 2.05) is 0 Å². The molecular formula is C11H9F3N2OS. The molecular weight excluding hydrogens is 265 g/mol. The van der Waals surface area contributed by atoms with Crippen molar-refractivity contribution in [2.24, 2.45) is 5.73 Å². The molecule has 2 aromatic rings. The second-order valence-electron chi connectivity index (χ2n) is 3.54. The molecule has 0 aliphatic rings. The Bertz CT molecular complexity index is 548. The SMILES string of the molecule is NCc1sc(-c2ccc(O)cc2)nc1C(F)(F)F. The zero-order valence-electron chi connectivity index (χ0n) is 9.03. The van der Waals surface area contributed by atoms with Gasteiger partial charge in [0.1, 0.15) is 10.8 Å². The first-order valence-electron chi connectivity index (χ1n) is 4.98. The molecule has 0 aliphatic carbocycles. The molecule has 0 atom stereocenters. The van der Waals surface area contributed by atoms with Gasteiger partial charge < -0.3 is 10.8 Å². The number of nitrogens with two attached hydrogens (primary N) is 1. The molecule has 3 nitrogen and oxygen atoms in total. The Morgan fingerprint density at radius 1 is 1.22 bits per heavy atom. The lowest BCUT2D eigenvalue weighted by Crippen LogP contribution is -2.10. The minimum Gasteiger partial charge on any atom is -0.508 e. The third kappa shape index (κ3) is 2.46. The first-order valence-corrected chi connectivity index (χ1v) is 5.80. The zero-order valence-corrected chi connectivity index (χ0v) is 9.85. The van der Waals surface area contributed by atoms with Crippen LogP contribution >= 0.6 is 11.3 Å². The summed E-state index contributed by atoms with van der Waals surface area (Å²) in [4.78, 5) is 3.59. The van der Waals surface area contributed by atoms with Crippen LogP contribution in [0.4, 0.5) is 13.2 Å². The third-order valence-electron chi connectivity index (χ3n) is 2.27. The summed E-state index contributed by atoms with van der Waals surface area (Å²) in [5.74, 6) is 0.0467. The molecule has 3 N–H and O–H groups in total. The van der Waals surface area contributed by atoms with Crippen LogP contribution in [0.1, 0.15) is 10.6 Å². The maximum Gasteiger partial charge on any atom is 0.434 e. The summed E-state index contributed by atoms with van der Waals surface area (Å²) in [7, 11) is 0. The van der Waals surface area contributed by atoms with Gasteiger partial charge in [-0.2, -0.15) is 13.2 Å². The second kappa shape index (κ2) is 4.58. The molecule has 2 rings (SSSR count). The first kappa shape index (κ1) is 12.8. The van der Waals surface area contributed by atoms with E-state index in [9.17, 15) is 13.2 Å². The van der Waals surface area contributed by atoms with Gasteiger partial charge in [0.05, 0.1) is 4.88 Å². The van der Waals surface area contributed by atoms with Gasteiger partial charge in [0.15, 0.2) is 5.69 Å².